The van der Waals surface area contributed by atoms with Gasteiger partial charge in [0.2, 0.25) is 0 Å². The topological polar surface area (TPSA) is 61.8 Å². The second-order valence-electron chi connectivity index (χ2n) is 4.83. The molecule has 0 radical (unpaired) electrons. The number of benzene rings is 1. The molecule has 4 heteroatoms. The highest BCUT2D eigenvalue weighted by Gasteiger charge is 2.21. The summed E-state index contributed by atoms with van der Waals surface area (Å²) in [5.41, 5.74) is 7.74. The molecule has 0 spiro atoms. The molecule has 1 saturated carbocycles. The first-order valence-electron chi connectivity index (χ1n) is 6.43. The van der Waals surface area contributed by atoms with Gasteiger partial charge >= 0.3 is 0 Å². The van der Waals surface area contributed by atoms with Crippen molar-refractivity contribution >= 4 is 21.6 Å². The molecule has 2 rings (SSSR count). The summed E-state index contributed by atoms with van der Waals surface area (Å²) >= 11 is 3.41. The van der Waals surface area contributed by atoms with Gasteiger partial charge in [-0.1, -0.05) is 25.3 Å². The summed E-state index contributed by atoms with van der Waals surface area (Å²) in [5.74, 6) is 0. The fraction of sp³-hybridized carbons (Fsp3) is 0.500. The van der Waals surface area contributed by atoms with Gasteiger partial charge in [-0.15, -0.1) is 0 Å². The monoisotopic (exact) mass is 307 g/mol. The highest BCUT2D eigenvalue weighted by molar-refractivity contribution is 9.10. The number of nitriles is 1. The van der Waals surface area contributed by atoms with Gasteiger partial charge in [0.15, 0.2) is 0 Å². The molecule has 0 aromatic heterocycles. The molecule has 2 unspecified atom stereocenters. The zero-order chi connectivity index (χ0) is 13.0. The SMILES string of the molecule is N#Cc1c(Br)cccc1NC1CCCCCC1N. The minimum absolute atomic E-state index is 0.179. The van der Waals surface area contributed by atoms with Crippen molar-refractivity contribution in [3.63, 3.8) is 0 Å². The predicted octanol–water partition coefficient (Wildman–Crippen LogP) is 3.39. The van der Waals surface area contributed by atoms with Crippen molar-refractivity contribution in [2.45, 2.75) is 44.2 Å². The summed E-state index contributed by atoms with van der Waals surface area (Å²) < 4.78 is 0.831. The minimum atomic E-state index is 0.179. The second kappa shape index (κ2) is 6.21. The number of hydrogen-bond donors (Lipinski definition) is 2. The maximum atomic E-state index is 9.20. The molecule has 1 aliphatic carbocycles. The van der Waals surface area contributed by atoms with Gasteiger partial charge in [0, 0.05) is 16.6 Å². The van der Waals surface area contributed by atoms with Crippen LogP contribution in [-0.4, -0.2) is 12.1 Å². The Labute approximate surface area is 116 Å². The highest BCUT2D eigenvalue weighted by Crippen LogP contribution is 2.27. The fourth-order valence-electron chi connectivity index (χ4n) is 2.47. The van der Waals surface area contributed by atoms with Crippen LogP contribution < -0.4 is 11.1 Å². The second-order valence-corrected chi connectivity index (χ2v) is 5.68. The summed E-state index contributed by atoms with van der Waals surface area (Å²) in [5, 5.41) is 12.7. The van der Waals surface area contributed by atoms with E-state index in [2.05, 4.69) is 27.3 Å². The molecule has 1 fully saturated rings. The van der Waals surface area contributed by atoms with Crippen molar-refractivity contribution in [1.29, 1.82) is 5.26 Å². The highest BCUT2D eigenvalue weighted by atomic mass is 79.9. The Kier molecular flexibility index (Phi) is 4.62. The molecule has 2 atom stereocenters. The van der Waals surface area contributed by atoms with E-state index in [4.69, 9.17) is 5.73 Å². The normalized spacial score (nSPS) is 24.1. The summed E-state index contributed by atoms with van der Waals surface area (Å²) in [6.45, 7) is 0. The molecule has 1 aromatic carbocycles. The van der Waals surface area contributed by atoms with Crippen LogP contribution in [0.5, 0.6) is 0 Å². The Morgan fingerprint density at radius 1 is 1.28 bits per heavy atom. The predicted molar refractivity (Wildman–Crippen MR) is 77.3 cm³/mol. The van der Waals surface area contributed by atoms with Gasteiger partial charge in [-0.05, 0) is 40.9 Å². The molecule has 0 heterocycles. The number of hydrogen-bond acceptors (Lipinski definition) is 3. The largest absolute Gasteiger partial charge is 0.380 e. The van der Waals surface area contributed by atoms with E-state index < -0.39 is 0 Å². The third kappa shape index (κ3) is 3.04. The van der Waals surface area contributed by atoms with E-state index in [1.165, 1.54) is 19.3 Å². The minimum Gasteiger partial charge on any atom is -0.380 e. The molecule has 1 aromatic rings. The Bertz CT molecular complexity index is 453. The van der Waals surface area contributed by atoms with Crippen LogP contribution in [0.4, 0.5) is 5.69 Å². The van der Waals surface area contributed by atoms with Gasteiger partial charge in [0.05, 0.1) is 11.3 Å². The van der Waals surface area contributed by atoms with Crippen LogP contribution in [0.15, 0.2) is 22.7 Å². The number of halogens is 1. The van der Waals surface area contributed by atoms with Crippen LogP contribution in [0.2, 0.25) is 0 Å². The lowest BCUT2D eigenvalue weighted by Crippen LogP contribution is -2.39. The van der Waals surface area contributed by atoms with E-state index in [9.17, 15) is 5.26 Å². The van der Waals surface area contributed by atoms with E-state index in [1.54, 1.807) is 0 Å². The molecule has 0 bridgehead atoms. The number of nitrogens with two attached hydrogens (primary N) is 1. The molecule has 0 amide bonds. The standard InChI is InChI=1S/C14H18BrN3/c15-11-5-4-8-13(10(11)9-16)18-14-7-3-1-2-6-12(14)17/h4-5,8,12,14,18H,1-3,6-7,17H2. The van der Waals surface area contributed by atoms with Crippen LogP contribution in [0, 0.1) is 11.3 Å². The van der Waals surface area contributed by atoms with E-state index in [0.29, 0.717) is 5.56 Å². The zero-order valence-corrected chi connectivity index (χ0v) is 11.9. The quantitative estimate of drug-likeness (QED) is 0.823. The lowest BCUT2D eigenvalue weighted by molar-refractivity contribution is 0.528. The van der Waals surface area contributed by atoms with Crippen molar-refractivity contribution in [2.24, 2.45) is 5.73 Å². The fourth-order valence-corrected chi connectivity index (χ4v) is 2.93. The lowest BCUT2D eigenvalue weighted by Gasteiger charge is -2.24. The van der Waals surface area contributed by atoms with Gasteiger partial charge in [0.1, 0.15) is 6.07 Å². The summed E-state index contributed by atoms with van der Waals surface area (Å²) in [4.78, 5) is 0. The van der Waals surface area contributed by atoms with Gasteiger partial charge in [-0.25, -0.2) is 0 Å². The van der Waals surface area contributed by atoms with Crippen molar-refractivity contribution in [3.05, 3.63) is 28.2 Å². The maximum Gasteiger partial charge on any atom is 0.103 e. The average molecular weight is 308 g/mol. The first kappa shape index (κ1) is 13.4. The molecule has 0 aliphatic heterocycles. The molecular formula is C14H18BrN3. The zero-order valence-electron chi connectivity index (χ0n) is 10.3. The van der Waals surface area contributed by atoms with Crippen molar-refractivity contribution in [3.8, 4) is 6.07 Å². The van der Waals surface area contributed by atoms with Gasteiger partial charge in [0.25, 0.3) is 0 Å². The Morgan fingerprint density at radius 3 is 2.83 bits per heavy atom. The third-order valence-corrected chi connectivity index (χ3v) is 4.20. The first-order chi connectivity index (χ1) is 8.72. The van der Waals surface area contributed by atoms with E-state index in [-0.39, 0.29) is 12.1 Å². The molecule has 96 valence electrons. The third-order valence-electron chi connectivity index (χ3n) is 3.54. The van der Waals surface area contributed by atoms with Crippen LogP contribution >= 0.6 is 15.9 Å². The molecule has 3 N–H and O–H groups in total. The lowest BCUT2D eigenvalue weighted by atomic mass is 10.0. The number of rotatable bonds is 2. The molecule has 1 aliphatic rings. The first-order valence-corrected chi connectivity index (χ1v) is 7.22. The van der Waals surface area contributed by atoms with Gasteiger partial charge in [-0.3, -0.25) is 0 Å². The number of nitrogens with one attached hydrogen (secondary N) is 1. The van der Waals surface area contributed by atoms with Crippen molar-refractivity contribution < 1.29 is 0 Å². The van der Waals surface area contributed by atoms with Crippen LogP contribution in [-0.2, 0) is 0 Å². The summed E-state index contributed by atoms with van der Waals surface area (Å²) in [6, 6.07) is 8.46. The molecular weight excluding hydrogens is 290 g/mol. The number of anilines is 1. The molecule has 0 saturated heterocycles. The van der Waals surface area contributed by atoms with Gasteiger partial charge in [-0.2, -0.15) is 5.26 Å². The molecule has 3 nitrogen and oxygen atoms in total. The van der Waals surface area contributed by atoms with Crippen molar-refractivity contribution in [2.75, 3.05) is 5.32 Å². The number of nitrogens with zero attached hydrogens (tertiary/aromatic N) is 1. The van der Waals surface area contributed by atoms with Crippen LogP contribution in [0.1, 0.15) is 37.7 Å². The summed E-state index contributed by atoms with van der Waals surface area (Å²) in [7, 11) is 0. The van der Waals surface area contributed by atoms with Crippen molar-refractivity contribution in [1.82, 2.24) is 0 Å². The van der Waals surface area contributed by atoms with Crippen LogP contribution in [0.25, 0.3) is 0 Å². The Hall–Kier alpha value is -1.05. The Morgan fingerprint density at radius 2 is 2.06 bits per heavy atom. The average Bonchev–Trinajstić information content (AvgIpc) is 2.55. The summed E-state index contributed by atoms with van der Waals surface area (Å²) in [6.07, 6.45) is 5.83. The molecule has 18 heavy (non-hydrogen) atoms. The van der Waals surface area contributed by atoms with E-state index >= 15 is 0 Å². The van der Waals surface area contributed by atoms with E-state index in [0.717, 1.165) is 23.0 Å². The van der Waals surface area contributed by atoms with Crippen LogP contribution in [0.3, 0.4) is 0 Å². The smallest absolute Gasteiger partial charge is 0.103 e. The Balaban J connectivity index is 2.18. The van der Waals surface area contributed by atoms with E-state index in [1.807, 2.05) is 18.2 Å². The maximum absolute atomic E-state index is 9.20. The van der Waals surface area contributed by atoms with Gasteiger partial charge < -0.3 is 11.1 Å².